The zero-order valence-corrected chi connectivity index (χ0v) is 9.76. The summed E-state index contributed by atoms with van der Waals surface area (Å²) in [5, 5.41) is 17.3. The van der Waals surface area contributed by atoms with Crippen LogP contribution in [0.4, 0.5) is 0 Å². The molecule has 1 aromatic heterocycles. The highest BCUT2D eigenvalue weighted by molar-refractivity contribution is 5.10. The normalized spacial score (nSPS) is 27.2. The van der Waals surface area contributed by atoms with Crippen LogP contribution in [0.2, 0.25) is 0 Å². The predicted octanol–water partition coefficient (Wildman–Crippen LogP) is 0.220. The minimum absolute atomic E-state index is 0.0326. The van der Waals surface area contributed by atoms with E-state index in [2.05, 4.69) is 17.3 Å². The number of aliphatic hydroxyl groups is 1. The molecule has 0 saturated carbocycles. The minimum atomic E-state index is -0.397. The quantitative estimate of drug-likeness (QED) is 0.769. The van der Waals surface area contributed by atoms with Crippen molar-refractivity contribution in [1.29, 1.82) is 0 Å². The Hall–Kier alpha value is -0.910. The molecule has 90 valence electrons. The van der Waals surface area contributed by atoms with Gasteiger partial charge in [-0.3, -0.25) is 4.68 Å². The molecule has 5 heteroatoms. The second kappa shape index (κ2) is 4.95. The molecule has 16 heavy (non-hydrogen) atoms. The molecule has 1 fully saturated rings. The Balaban J connectivity index is 2.00. The van der Waals surface area contributed by atoms with Gasteiger partial charge < -0.3 is 15.2 Å². The third-order valence-corrected chi connectivity index (χ3v) is 3.00. The van der Waals surface area contributed by atoms with Crippen molar-refractivity contribution in [2.24, 2.45) is 7.05 Å². The fraction of sp³-hybridized carbons (Fsp3) is 0.727. The molecule has 0 radical (unpaired) electrons. The number of rotatable bonds is 4. The maximum absolute atomic E-state index is 9.68. The van der Waals surface area contributed by atoms with Crippen molar-refractivity contribution in [3.8, 4) is 0 Å². The van der Waals surface area contributed by atoms with Crippen LogP contribution in [0.15, 0.2) is 12.4 Å². The van der Waals surface area contributed by atoms with Crippen LogP contribution < -0.4 is 5.32 Å². The van der Waals surface area contributed by atoms with Gasteiger partial charge in [-0.15, -0.1) is 0 Å². The highest BCUT2D eigenvalue weighted by Crippen LogP contribution is 2.18. The van der Waals surface area contributed by atoms with E-state index in [1.54, 1.807) is 4.68 Å². The lowest BCUT2D eigenvalue weighted by Gasteiger charge is -2.21. The minimum Gasteiger partial charge on any atom is -0.389 e. The van der Waals surface area contributed by atoms with Gasteiger partial charge in [0.15, 0.2) is 0 Å². The number of hydrogen-bond acceptors (Lipinski definition) is 4. The molecule has 1 aliphatic rings. The van der Waals surface area contributed by atoms with Crippen molar-refractivity contribution in [3.63, 3.8) is 0 Å². The van der Waals surface area contributed by atoms with E-state index < -0.39 is 6.10 Å². The molecular formula is C11H19N3O2. The molecule has 1 saturated heterocycles. The number of nitrogens with zero attached hydrogens (tertiary/aromatic N) is 2. The van der Waals surface area contributed by atoms with Gasteiger partial charge in [0.25, 0.3) is 0 Å². The van der Waals surface area contributed by atoms with Gasteiger partial charge in [0.2, 0.25) is 0 Å². The Morgan fingerprint density at radius 3 is 3.00 bits per heavy atom. The van der Waals surface area contributed by atoms with Crippen LogP contribution in [0.25, 0.3) is 0 Å². The van der Waals surface area contributed by atoms with Crippen molar-refractivity contribution in [3.05, 3.63) is 18.0 Å². The van der Waals surface area contributed by atoms with E-state index in [1.807, 2.05) is 19.4 Å². The number of nitrogens with one attached hydrogen (secondary N) is 1. The van der Waals surface area contributed by atoms with E-state index in [-0.39, 0.29) is 12.1 Å². The Kier molecular flexibility index (Phi) is 3.58. The Bertz CT molecular complexity index is 340. The van der Waals surface area contributed by atoms with Crippen LogP contribution in [0.3, 0.4) is 0 Å². The lowest BCUT2D eigenvalue weighted by molar-refractivity contribution is 0.121. The van der Waals surface area contributed by atoms with Gasteiger partial charge >= 0.3 is 0 Å². The summed E-state index contributed by atoms with van der Waals surface area (Å²) in [5.74, 6) is 0. The fourth-order valence-electron chi connectivity index (χ4n) is 2.03. The van der Waals surface area contributed by atoms with Gasteiger partial charge in [0, 0.05) is 24.8 Å². The molecular weight excluding hydrogens is 206 g/mol. The Morgan fingerprint density at radius 2 is 2.50 bits per heavy atom. The highest BCUT2D eigenvalue weighted by atomic mass is 16.5. The second-order valence-corrected chi connectivity index (χ2v) is 4.29. The summed E-state index contributed by atoms with van der Waals surface area (Å²) in [5.41, 5.74) is 1.16. The van der Waals surface area contributed by atoms with Gasteiger partial charge in [0.05, 0.1) is 31.6 Å². The summed E-state index contributed by atoms with van der Waals surface area (Å²) >= 11 is 0. The van der Waals surface area contributed by atoms with Crippen molar-refractivity contribution in [1.82, 2.24) is 15.1 Å². The second-order valence-electron chi connectivity index (χ2n) is 4.29. The van der Waals surface area contributed by atoms with Crippen molar-refractivity contribution >= 4 is 0 Å². The van der Waals surface area contributed by atoms with E-state index in [0.29, 0.717) is 13.2 Å². The Morgan fingerprint density at radius 1 is 1.69 bits per heavy atom. The number of aliphatic hydroxyl groups excluding tert-OH is 1. The van der Waals surface area contributed by atoms with E-state index in [9.17, 15) is 5.11 Å². The first-order chi connectivity index (χ1) is 7.70. The monoisotopic (exact) mass is 225 g/mol. The van der Waals surface area contributed by atoms with Gasteiger partial charge in [-0.1, -0.05) is 6.92 Å². The summed E-state index contributed by atoms with van der Waals surface area (Å²) < 4.78 is 7.02. The number of aryl methyl sites for hydroxylation is 1. The van der Waals surface area contributed by atoms with Crippen LogP contribution in [-0.2, 0) is 11.8 Å². The molecule has 0 aliphatic carbocycles. The van der Waals surface area contributed by atoms with Crippen LogP contribution in [0.1, 0.15) is 24.9 Å². The molecule has 0 bridgehead atoms. The zero-order valence-electron chi connectivity index (χ0n) is 9.76. The highest BCUT2D eigenvalue weighted by Gasteiger charge is 2.28. The average Bonchev–Trinajstić information content (AvgIpc) is 2.85. The zero-order chi connectivity index (χ0) is 11.5. The van der Waals surface area contributed by atoms with Crippen LogP contribution >= 0.6 is 0 Å². The fourth-order valence-corrected chi connectivity index (χ4v) is 2.03. The van der Waals surface area contributed by atoms with Gasteiger partial charge in [0.1, 0.15) is 0 Å². The summed E-state index contributed by atoms with van der Waals surface area (Å²) in [6, 6.07) is 0.264. The van der Waals surface area contributed by atoms with Crippen molar-refractivity contribution < 1.29 is 9.84 Å². The smallest absolute Gasteiger partial charge is 0.0948 e. The molecule has 2 heterocycles. The molecule has 1 aliphatic heterocycles. The molecule has 3 unspecified atom stereocenters. The van der Waals surface area contributed by atoms with Crippen molar-refractivity contribution in [2.75, 3.05) is 13.2 Å². The molecule has 2 N–H and O–H groups in total. The molecule has 0 spiro atoms. The molecule has 0 amide bonds. The van der Waals surface area contributed by atoms with Crippen LogP contribution in [0.5, 0.6) is 0 Å². The lowest BCUT2D eigenvalue weighted by atomic mass is 10.1. The number of hydrogen-bond donors (Lipinski definition) is 2. The summed E-state index contributed by atoms with van der Waals surface area (Å²) in [7, 11) is 1.91. The molecule has 5 nitrogen and oxygen atoms in total. The summed E-state index contributed by atoms with van der Waals surface area (Å²) in [4.78, 5) is 0. The summed E-state index contributed by atoms with van der Waals surface area (Å²) in [6.45, 7) is 3.13. The molecule has 0 aromatic carbocycles. The average molecular weight is 225 g/mol. The van der Waals surface area contributed by atoms with Gasteiger partial charge in [-0.05, 0) is 6.42 Å². The van der Waals surface area contributed by atoms with Gasteiger partial charge in [-0.25, -0.2) is 0 Å². The first-order valence-corrected chi connectivity index (χ1v) is 5.71. The SMILES string of the molecule is CCC(NC1COCC1O)c1cnn(C)c1. The molecule has 2 rings (SSSR count). The predicted molar refractivity (Wildman–Crippen MR) is 60.0 cm³/mol. The topological polar surface area (TPSA) is 59.3 Å². The summed E-state index contributed by atoms with van der Waals surface area (Å²) in [6.07, 6.45) is 4.44. The lowest BCUT2D eigenvalue weighted by Crippen LogP contribution is -2.40. The van der Waals surface area contributed by atoms with Crippen LogP contribution in [0, 0.1) is 0 Å². The molecule has 1 aromatic rings. The first kappa shape index (κ1) is 11.6. The first-order valence-electron chi connectivity index (χ1n) is 5.71. The largest absolute Gasteiger partial charge is 0.389 e. The number of aromatic nitrogens is 2. The standard InChI is InChI=1S/C11H19N3O2/c1-3-9(8-4-12-14(2)5-8)13-10-6-16-7-11(10)15/h4-5,9-11,13,15H,3,6-7H2,1-2H3. The Labute approximate surface area is 95.4 Å². The maximum atomic E-state index is 9.68. The van der Waals surface area contributed by atoms with E-state index >= 15 is 0 Å². The maximum Gasteiger partial charge on any atom is 0.0948 e. The van der Waals surface area contributed by atoms with E-state index in [1.165, 1.54) is 0 Å². The van der Waals surface area contributed by atoms with E-state index in [4.69, 9.17) is 4.74 Å². The van der Waals surface area contributed by atoms with Crippen LogP contribution in [-0.4, -0.2) is 40.2 Å². The number of ether oxygens (including phenoxy) is 1. The van der Waals surface area contributed by atoms with Gasteiger partial charge in [-0.2, -0.15) is 5.10 Å². The van der Waals surface area contributed by atoms with Crippen molar-refractivity contribution in [2.45, 2.75) is 31.5 Å². The third-order valence-electron chi connectivity index (χ3n) is 3.00. The third kappa shape index (κ3) is 2.42. The van der Waals surface area contributed by atoms with E-state index in [0.717, 1.165) is 12.0 Å². The molecule has 3 atom stereocenters.